The third-order valence-corrected chi connectivity index (χ3v) is 2.58. The van der Waals surface area contributed by atoms with E-state index in [0.29, 0.717) is 6.42 Å². The Hall–Kier alpha value is -0.810. The van der Waals surface area contributed by atoms with Crippen molar-refractivity contribution in [3.05, 3.63) is 0 Å². The molecule has 2 nitrogen and oxygen atoms in total. The summed E-state index contributed by atoms with van der Waals surface area (Å²) in [6, 6.07) is 0.186. The predicted octanol–water partition coefficient (Wildman–Crippen LogP) is 1.45. The Bertz CT molecular complexity index is 189. The van der Waals surface area contributed by atoms with Gasteiger partial charge in [0.2, 0.25) is 0 Å². The summed E-state index contributed by atoms with van der Waals surface area (Å²) in [5.74, 6) is 2.77. The van der Waals surface area contributed by atoms with Gasteiger partial charge in [-0.25, -0.2) is 0 Å². The predicted molar refractivity (Wildman–Crippen MR) is 53.3 cm³/mol. The quantitative estimate of drug-likeness (QED) is 0.481. The Kier molecular flexibility index (Phi) is 4.56. The first kappa shape index (κ1) is 10.3. The minimum Gasteiger partial charge on any atom is -0.303 e. The summed E-state index contributed by atoms with van der Waals surface area (Å²) < 4.78 is 0. The summed E-state index contributed by atoms with van der Waals surface area (Å²) in [5, 5.41) is 0. The summed E-state index contributed by atoms with van der Waals surface area (Å²) in [4.78, 5) is 12.5. The number of rotatable bonds is 4. The molecule has 1 saturated heterocycles. The molecule has 0 aliphatic carbocycles. The maximum atomic E-state index is 10.2. The lowest BCUT2D eigenvalue weighted by atomic mass is 10.1. The van der Waals surface area contributed by atoms with Crippen molar-refractivity contribution in [2.45, 2.75) is 38.1 Å². The molecule has 0 aromatic carbocycles. The SMILES string of the molecule is C#CC(CCC=O)N1CCCCC1. The van der Waals surface area contributed by atoms with Crippen molar-refractivity contribution >= 4 is 6.29 Å². The third kappa shape index (κ3) is 3.20. The first-order chi connectivity index (χ1) is 6.38. The Morgan fingerprint density at radius 2 is 2.08 bits per heavy atom. The van der Waals surface area contributed by atoms with Crippen molar-refractivity contribution in [1.82, 2.24) is 4.90 Å². The molecule has 1 aliphatic rings. The zero-order valence-corrected chi connectivity index (χ0v) is 8.04. The molecule has 1 aliphatic heterocycles. The molecular formula is C11H17NO. The molecule has 0 radical (unpaired) electrons. The van der Waals surface area contributed by atoms with E-state index in [-0.39, 0.29) is 6.04 Å². The number of likely N-dealkylation sites (tertiary alicyclic amines) is 1. The van der Waals surface area contributed by atoms with Crippen molar-refractivity contribution in [3.63, 3.8) is 0 Å². The largest absolute Gasteiger partial charge is 0.303 e. The zero-order valence-electron chi connectivity index (χ0n) is 8.04. The molecule has 1 unspecified atom stereocenters. The van der Waals surface area contributed by atoms with Crippen LogP contribution in [-0.2, 0) is 4.79 Å². The van der Waals surface area contributed by atoms with Crippen LogP contribution in [0.1, 0.15) is 32.1 Å². The van der Waals surface area contributed by atoms with Crippen LogP contribution in [0, 0.1) is 12.3 Å². The number of carbonyl (C=O) groups is 1. The standard InChI is InChI=1S/C11H17NO/c1-2-11(7-6-10-13)12-8-4-3-5-9-12/h1,10-11H,3-9H2. The molecule has 0 aromatic heterocycles. The fraction of sp³-hybridized carbons (Fsp3) is 0.727. The summed E-state index contributed by atoms with van der Waals surface area (Å²) in [6.45, 7) is 2.21. The van der Waals surface area contributed by atoms with Crippen molar-refractivity contribution < 1.29 is 4.79 Å². The number of terminal acetylenes is 1. The average Bonchev–Trinajstić information content (AvgIpc) is 2.21. The van der Waals surface area contributed by atoms with Gasteiger partial charge in [0, 0.05) is 6.42 Å². The van der Waals surface area contributed by atoms with Gasteiger partial charge in [0.15, 0.2) is 0 Å². The lowest BCUT2D eigenvalue weighted by Crippen LogP contribution is -2.38. The Morgan fingerprint density at radius 1 is 1.38 bits per heavy atom. The van der Waals surface area contributed by atoms with E-state index in [0.717, 1.165) is 25.8 Å². The van der Waals surface area contributed by atoms with E-state index in [1.54, 1.807) is 0 Å². The first-order valence-electron chi connectivity index (χ1n) is 5.02. The maximum Gasteiger partial charge on any atom is 0.120 e. The Labute approximate surface area is 80.3 Å². The van der Waals surface area contributed by atoms with Crippen LogP contribution in [0.3, 0.4) is 0 Å². The normalized spacial score (nSPS) is 20.5. The van der Waals surface area contributed by atoms with E-state index in [2.05, 4.69) is 10.8 Å². The summed E-state index contributed by atoms with van der Waals surface area (Å²) in [7, 11) is 0. The highest BCUT2D eigenvalue weighted by Gasteiger charge is 2.17. The smallest absolute Gasteiger partial charge is 0.120 e. The molecule has 0 saturated carbocycles. The molecule has 1 rings (SSSR count). The number of aldehydes is 1. The van der Waals surface area contributed by atoms with Gasteiger partial charge < -0.3 is 4.79 Å². The fourth-order valence-electron chi connectivity index (χ4n) is 1.83. The van der Waals surface area contributed by atoms with Gasteiger partial charge in [0.05, 0.1) is 6.04 Å². The van der Waals surface area contributed by atoms with E-state index in [9.17, 15) is 4.79 Å². The minimum atomic E-state index is 0.186. The Balaban J connectivity index is 2.35. The molecule has 0 spiro atoms. The number of nitrogens with zero attached hydrogens (tertiary/aromatic N) is 1. The highest BCUT2D eigenvalue weighted by molar-refractivity contribution is 5.49. The first-order valence-corrected chi connectivity index (χ1v) is 5.02. The van der Waals surface area contributed by atoms with Gasteiger partial charge in [-0.3, -0.25) is 4.90 Å². The van der Waals surface area contributed by atoms with Crippen molar-refractivity contribution in [3.8, 4) is 12.3 Å². The molecule has 13 heavy (non-hydrogen) atoms. The van der Waals surface area contributed by atoms with Gasteiger partial charge >= 0.3 is 0 Å². The van der Waals surface area contributed by atoms with Crippen LogP contribution < -0.4 is 0 Å². The minimum absolute atomic E-state index is 0.186. The van der Waals surface area contributed by atoms with Crippen LogP contribution in [0.15, 0.2) is 0 Å². The zero-order chi connectivity index (χ0) is 9.52. The average molecular weight is 179 g/mol. The number of carbonyl (C=O) groups excluding carboxylic acids is 1. The van der Waals surface area contributed by atoms with E-state index < -0.39 is 0 Å². The molecule has 1 fully saturated rings. The molecular weight excluding hydrogens is 162 g/mol. The molecule has 2 heteroatoms. The van der Waals surface area contributed by atoms with Crippen LogP contribution in [0.2, 0.25) is 0 Å². The highest BCUT2D eigenvalue weighted by Crippen LogP contribution is 2.14. The van der Waals surface area contributed by atoms with Crippen LogP contribution in [0.4, 0.5) is 0 Å². The van der Waals surface area contributed by atoms with Crippen LogP contribution in [0.25, 0.3) is 0 Å². The van der Waals surface area contributed by atoms with Gasteiger partial charge in [-0.1, -0.05) is 12.3 Å². The van der Waals surface area contributed by atoms with E-state index in [1.165, 1.54) is 19.3 Å². The molecule has 1 atom stereocenters. The second kappa shape index (κ2) is 5.77. The second-order valence-corrected chi connectivity index (χ2v) is 3.52. The summed E-state index contributed by atoms with van der Waals surface area (Å²) >= 11 is 0. The number of piperidine rings is 1. The highest BCUT2D eigenvalue weighted by atomic mass is 16.1. The van der Waals surface area contributed by atoms with Gasteiger partial charge in [0.25, 0.3) is 0 Å². The topological polar surface area (TPSA) is 20.3 Å². The van der Waals surface area contributed by atoms with Crippen LogP contribution in [0.5, 0.6) is 0 Å². The summed E-state index contributed by atoms with van der Waals surface area (Å²) in [6.07, 6.45) is 11.6. The molecule has 0 amide bonds. The van der Waals surface area contributed by atoms with E-state index in [1.807, 2.05) is 0 Å². The molecule has 0 bridgehead atoms. The van der Waals surface area contributed by atoms with Gasteiger partial charge in [-0.15, -0.1) is 6.42 Å². The fourth-order valence-corrected chi connectivity index (χ4v) is 1.83. The van der Waals surface area contributed by atoms with Gasteiger partial charge in [-0.05, 0) is 32.4 Å². The maximum absolute atomic E-state index is 10.2. The monoisotopic (exact) mass is 179 g/mol. The molecule has 72 valence electrons. The molecule has 0 N–H and O–H groups in total. The second-order valence-electron chi connectivity index (χ2n) is 3.52. The Morgan fingerprint density at radius 3 is 2.62 bits per heavy atom. The van der Waals surface area contributed by atoms with Crippen molar-refractivity contribution in [1.29, 1.82) is 0 Å². The molecule has 0 aromatic rings. The number of hydrogen-bond donors (Lipinski definition) is 0. The number of hydrogen-bond acceptors (Lipinski definition) is 2. The third-order valence-electron chi connectivity index (χ3n) is 2.58. The van der Waals surface area contributed by atoms with Gasteiger partial charge in [0.1, 0.15) is 6.29 Å². The van der Waals surface area contributed by atoms with Crippen molar-refractivity contribution in [2.24, 2.45) is 0 Å². The lowest BCUT2D eigenvalue weighted by Gasteiger charge is -2.31. The lowest BCUT2D eigenvalue weighted by molar-refractivity contribution is -0.108. The summed E-state index contributed by atoms with van der Waals surface area (Å²) in [5.41, 5.74) is 0. The van der Waals surface area contributed by atoms with Crippen LogP contribution >= 0.6 is 0 Å². The van der Waals surface area contributed by atoms with Crippen molar-refractivity contribution in [2.75, 3.05) is 13.1 Å². The van der Waals surface area contributed by atoms with Crippen LogP contribution in [-0.4, -0.2) is 30.3 Å². The van der Waals surface area contributed by atoms with E-state index in [4.69, 9.17) is 6.42 Å². The molecule has 1 heterocycles. The van der Waals surface area contributed by atoms with E-state index >= 15 is 0 Å². The van der Waals surface area contributed by atoms with Gasteiger partial charge in [-0.2, -0.15) is 0 Å².